The summed E-state index contributed by atoms with van der Waals surface area (Å²) in [5.74, 6) is -0.172. The zero-order valence-corrected chi connectivity index (χ0v) is 16.9. The predicted molar refractivity (Wildman–Crippen MR) is 113 cm³/mol. The van der Waals surface area contributed by atoms with Crippen LogP contribution in [0.25, 0.3) is 0 Å². The van der Waals surface area contributed by atoms with Crippen molar-refractivity contribution in [3.63, 3.8) is 0 Å². The number of piperazine rings is 1. The highest BCUT2D eigenvalue weighted by atomic mass is 35.5. The summed E-state index contributed by atoms with van der Waals surface area (Å²) >= 11 is 6.06. The van der Waals surface area contributed by atoms with Gasteiger partial charge in [0.25, 0.3) is 0 Å². The number of Topliss-reactive ketones (excluding diaryl/α,β-unsaturated/α-hetero) is 1. The van der Waals surface area contributed by atoms with Crippen LogP contribution >= 0.6 is 11.6 Å². The van der Waals surface area contributed by atoms with Crippen molar-refractivity contribution in [2.24, 2.45) is 0 Å². The molecular weight excluding hydrogens is 390 g/mol. The van der Waals surface area contributed by atoms with Crippen LogP contribution in [0.5, 0.6) is 0 Å². The fourth-order valence-corrected chi connectivity index (χ4v) is 3.44. The Kier molecular flexibility index (Phi) is 7.38. The van der Waals surface area contributed by atoms with Gasteiger partial charge in [0, 0.05) is 44.6 Å². The lowest BCUT2D eigenvalue weighted by Crippen LogP contribution is -2.50. The molecule has 2 aromatic carbocycles. The number of halogens is 1. The molecule has 152 valence electrons. The first-order valence-electron chi connectivity index (χ1n) is 9.65. The summed E-state index contributed by atoms with van der Waals surface area (Å²) in [6.45, 7) is 2.60. The number of carbonyl (C=O) groups excluding carboxylic acids is 3. The lowest BCUT2D eigenvalue weighted by atomic mass is 10.1. The molecule has 1 aliphatic heterocycles. The Morgan fingerprint density at radius 3 is 2.21 bits per heavy atom. The van der Waals surface area contributed by atoms with Crippen molar-refractivity contribution in [2.45, 2.75) is 12.8 Å². The molecule has 0 radical (unpaired) electrons. The molecule has 0 unspecified atom stereocenters. The largest absolute Gasteiger partial charge is 0.340 e. The van der Waals surface area contributed by atoms with E-state index in [1.165, 1.54) is 0 Å². The third kappa shape index (κ3) is 6.14. The summed E-state index contributed by atoms with van der Waals surface area (Å²) in [6.07, 6.45) is 0.421. The molecule has 0 atom stereocenters. The average molecular weight is 414 g/mol. The normalized spacial score (nSPS) is 14.4. The fraction of sp³-hybridized carbons (Fsp3) is 0.318. The number of ketones is 1. The van der Waals surface area contributed by atoms with Crippen LogP contribution in [0.4, 0.5) is 5.69 Å². The van der Waals surface area contributed by atoms with Crippen molar-refractivity contribution in [2.75, 3.05) is 38.0 Å². The zero-order chi connectivity index (χ0) is 20.6. The highest BCUT2D eigenvalue weighted by molar-refractivity contribution is 6.33. The van der Waals surface area contributed by atoms with E-state index in [1.807, 2.05) is 35.2 Å². The smallest absolute Gasteiger partial charge is 0.238 e. The van der Waals surface area contributed by atoms with E-state index in [4.69, 9.17) is 11.6 Å². The van der Waals surface area contributed by atoms with E-state index < -0.39 is 0 Å². The van der Waals surface area contributed by atoms with Crippen molar-refractivity contribution < 1.29 is 14.4 Å². The first-order chi connectivity index (χ1) is 14.0. The number of nitrogens with one attached hydrogen (secondary N) is 1. The van der Waals surface area contributed by atoms with Gasteiger partial charge in [-0.05, 0) is 12.1 Å². The van der Waals surface area contributed by atoms with Crippen LogP contribution in [0.15, 0.2) is 54.6 Å². The second-order valence-corrected chi connectivity index (χ2v) is 7.38. The van der Waals surface area contributed by atoms with Crippen LogP contribution in [0.2, 0.25) is 5.02 Å². The number of nitrogens with zero attached hydrogens (tertiary/aromatic N) is 2. The molecule has 1 heterocycles. The van der Waals surface area contributed by atoms with E-state index in [2.05, 4.69) is 5.32 Å². The Balaban J connectivity index is 1.39. The number of carbonyl (C=O) groups is 3. The van der Waals surface area contributed by atoms with Gasteiger partial charge in [0.2, 0.25) is 11.8 Å². The second kappa shape index (κ2) is 10.2. The number of anilines is 1. The van der Waals surface area contributed by atoms with Crippen molar-refractivity contribution in [3.8, 4) is 0 Å². The van der Waals surface area contributed by atoms with Crippen LogP contribution in [0.3, 0.4) is 0 Å². The fourth-order valence-electron chi connectivity index (χ4n) is 3.26. The summed E-state index contributed by atoms with van der Waals surface area (Å²) in [6, 6.07) is 16.1. The minimum Gasteiger partial charge on any atom is -0.340 e. The molecular formula is C22H24ClN3O3. The molecule has 6 nitrogen and oxygen atoms in total. The lowest BCUT2D eigenvalue weighted by Gasteiger charge is -2.34. The van der Waals surface area contributed by atoms with E-state index in [9.17, 15) is 14.4 Å². The van der Waals surface area contributed by atoms with Crippen LogP contribution in [0, 0.1) is 0 Å². The van der Waals surface area contributed by atoms with Gasteiger partial charge in [-0.1, -0.05) is 54.1 Å². The SMILES string of the molecule is O=C(CN1CCN(C(=O)CCC(=O)c2ccccc2)CC1)Nc1ccccc1Cl. The monoisotopic (exact) mass is 413 g/mol. The predicted octanol–water partition coefficient (Wildman–Crippen LogP) is 3.09. The van der Waals surface area contributed by atoms with Crippen LogP contribution in [-0.4, -0.2) is 60.1 Å². The van der Waals surface area contributed by atoms with Gasteiger partial charge in [-0.25, -0.2) is 0 Å². The molecule has 2 amide bonds. The Hall–Kier alpha value is -2.70. The first-order valence-corrected chi connectivity index (χ1v) is 10.0. The van der Waals surface area contributed by atoms with Gasteiger partial charge in [-0.2, -0.15) is 0 Å². The van der Waals surface area contributed by atoms with Crippen molar-refractivity contribution >= 4 is 34.9 Å². The van der Waals surface area contributed by atoms with Crippen LogP contribution in [-0.2, 0) is 9.59 Å². The van der Waals surface area contributed by atoms with E-state index in [1.54, 1.807) is 29.2 Å². The average Bonchev–Trinajstić information content (AvgIpc) is 2.74. The third-order valence-electron chi connectivity index (χ3n) is 4.90. The molecule has 1 saturated heterocycles. The molecule has 1 fully saturated rings. The summed E-state index contributed by atoms with van der Waals surface area (Å²) < 4.78 is 0. The number of hydrogen-bond donors (Lipinski definition) is 1. The van der Waals surface area contributed by atoms with E-state index in [0.717, 1.165) is 0 Å². The van der Waals surface area contributed by atoms with Gasteiger partial charge < -0.3 is 10.2 Å². The minimum absolute atomic E-state index is 0.0190. The van der Waals surface area contributed by atoms with E-state index in [-0.39, 0.29) is 37.0 Å². The molecule has 0 bridgehead atoms. The highest BCUT2D eigenvalue weighted by Crippen LogP contribution is 2.20. The van der Waals surface area contributed by atoms with Crippen molar-refractivity contribution in [3.05, 3.63) is 65.2 Å². The second-order valence-electron chi connectivity index (χ2n) is 6.97. The van der Waals surface area contributed by atoms with Gasteiger partial charge >= 0.3 is 0 Å². The zero-order valence-electron chi connectivity index (χ0n) is 16.1. The molecule has 3 rings (SSSR count). The van der Waals surface area contributed by atoms with Gasteiger partial charge in [-0.3, -0.25) is 19.3 Å². The van der Waals surface area contributed by atoms with Crippen molar-refractivity contribution in [1.82, 2.24) is 9.80 Å². The van der Waals surface area contributed by atoms with E-state index >= 15 is 0 Å². The number of amides is 2. The summed E-state index contributed by atoms with van der Waals surface area (Å²) in [7, 11) is 0. The van der Waals surface area contributed by atoms with Gasteiger partial charge in [0.05, 0.1) is 17.3 Å². The summed E-state index contributed by atoms with van der Waals surface area (Å²) in [5, 5.41) is 3.31. The molecule has 2 aromatic rings. The maximum absolute atomic E-state index is 12.4. The topological polar surface area (TPSA) is 69.7 Å². The maximum Gasteiger partial charge on any atom is 0.238 e. The highest BCUT2D eigenvalue weighted by Gasteiger charge is 2.23. The number of benzene rings is 2. The molecule has 1 N–H and O–H groups in total. The Labute approximate surface area is 175 Å². The molecule has 29 heavy (non-hydrogen) atoms. The number of para-hydroxylation sites is 1. The van der Waals surface area contributed by atoms with Gasteiger partial charge in [0.1, 0.15) is 0 Å². The Bertz CT molecular complexity index is 865. The lowest BCUT2D eigenvalue weighted by molar-refractivity contribution is -0.133. The molecule has 0 aromatic heterocycles. The standard InChI is InChI=1S/C22H24ClN3O3/c23-18-8-4-5-9-19(18)24-21(28)16-25-12-14-26(15-13-25)22(29)11-10-20(27)17-6-2-1-3-7-17/h1-9H,10-16H2,(H,24,28). The van der Waals surface area contributed by atoms with Gasteiger partial charge in [0.15, 0.2) is 5.78 Å². The first kappa shape index (κ1) is 21.0. The van der Waals surface area contributed by atoms with Crippen molar-refractivity contribution in [1.29, 1.82) is 0 Å². The minimum atomic E-state index is -0.133. The number of rotatable bonds is 7. The molecule has 7 heteroatoms. The molecule has 1 aliphatic rings. The Morgan fingerprint density at radius 2 is 1.52 bits per heavy atom. The third-order valence-corrected chi connectivity index (χ3v) is 5.23. The van der Waals surface area contributed by atoms with Crippen LogP contribution < -0.4 is 5.32 Å². The number of hydrogen-bond acceptors (Lipinski definition) is 4. The van der Waals surface area contributed by atoms with E-state index in [0.29, 0.717) is 42.5 Å². The maximum atomic E-state index is 12.4. The molecule has 0 saturated carbocycles. The summed E-state index contributed by atoms with van der Waals surface area (Å²) in [4.78, 5) is 40.5. The molecule has 0 aliphatic carbocycles. The van der Waals surface area contributed by atoms with Crippen LogP contribution in [0.1, 0.15) is 23.2 Å². The molecule has 0 spiro atoms. The Morgan fingerprint density at radius 1 is 0.862 bits per heavy atom. The summed E-state index contributed by atoms with van der Waals surface area (Å²) in [5.41, 5.74) is 1.23. The van der Waals surface area contributed by atoms with Gasteiger partial charge in [-0.15, -0.1) is 0 Å². The quantitative estimate of drug-likeness (QED) is 0.708.